The van der Waals surface area contributed by atoms with Crippen molar-refractivity contribution in [1.29, 1.82) is 0 Å². The molecule has 0 aliphatic rings. The van der Waals surface area contributed by atoms with Crippen LogP contribution in [-0.2, 0) is 12.6 Å². The second-order valence-corrected chi connectivity index (χ2v) is 6.40. The monoisotopic (exact) mass is 383 g/mol. The normalized spacial score (nSPS) is 11.9. The number of nitrogens with one attached hydrogen (secondary N) is 1. The lowest BCUT2D eigenvalue weighted by Gasteiger charge is -2.08. The van der Waals surface area contributed by atoms with Gasteiger partial charge >= 0.3 is 6.18 Å². The van der Waals surface area contributed by atoms with E-state index in [9.17, 15) is 18.0 Å². The van der Waals surface area contributed by atoms with E-state index in [0.29, 0.717) is 23.3 Å². The molecule has 0 atom stereocenters. The number of alkyl halides is 3. The number of hydrogen-bond donors (Lipinski definition) is 1. The van der Waals surface area contributed by atoms with Gasteiger partial charge in [0.15, 0.2) is 5.65 Å². The number of nitrogens with zero attached hydrogens (tertiary/aromatic N) is 2. The third kappa shape index (κ3) is 3.09. The third-order valence-corrected chi connectivity index (χ3v) is 4.61. The minimum Gasteiger partial charge on any atom is -0.293 e. The van der Waals surface area contributed by atoms with E-state index in [1.54, 1.807) is 0 Å². The molecule has 2 aromatic heterocycles. The highest BCUT2D eigenvalue weighted by Crippen LogP contribution is 2.31. The topological polar surface area (TPSA) is 50.2 Å². The molecule has 1 N–H and O–H groups in total. The second-order valence-electron chi connectivity index (χ2n) is 6.40. The number of aromatic amines is 1. The lowest BCUT2D eigenvalue weighted by molar-refractivity contribution is -0.137. The fourth-order valence-corrected chi connectivity index (χ4v) is 3.23. The molecule has 4 aromatic rings. The molecule has 2 heterocycles. The molecule has 4 nitrogen and oxygen atoms in total. The highest BCUT2D eigenvalue weighted by Gasteiger charge is 2.30. The summed E-state index contributed by atoms with van der Waals surface area (Å²) in [6.07, 6.45) is -3.74. The first-order valence-corrected chi connectivity index (χ1v) is 8.76. The largest absolute Gasteiger partial charge is 0.416 e. The quantitative estimate of drug-likeness (QED) is 0.545. The number of aryl methyl sites for hydroxylation is 1. The summed E-state index contributed by atoms with van der Waals surface area (Å²) in [6.45, 7) is 1.97. The summed E-state index contributed by atoms with van der Waals surface area (Å²) in [5.41, 5.74) is 2.75. The van der Waals surface area contributed by atoms with E-state index in [1.807, 2.05) is 37.3 Å². The third-order valence-electron chi connectivity index (χ3n) is 4.61. The SMILES string of the molecule is CCc1[nH]n2c(=O)cc(-c3ccc(C(F)(F)F)cc3)nc2c1-c1ccccc1. The standard InChI is InChI=1S/C21H16F3N3O/c1-2-16-19(14-6-4-3-5-7-14)20-25-17(12-18(28)27(20)26-16)13-8-10-15(11-9-13)21(22,23)24/h3-12,26H,2H2,1H3. The zero-order valence-electron chi connectivity index (χ0n) is 14.9. The Hall–Kier alpha value is -3.35. The first kappa shape index (κ1) is 18.0. The van der Waals surface area contributed by atoms with Gasteiger partial charge in [-0.1, -0.05) is 49.4 Å². The van der Waals surface area contributed by atoms with Crippen LogP contribution >= 0.6 is 0 Å². The molecule has 0 fully saturated rings. The Kier molecular flexibility index (Phi) is 4.30. The number of halogens is 3. The molecule has 28 heavy (non-hydrogen) atoms. The first-order chi connectivity index (χ1) is 13.4. The van der Waals surface area contributed by atoms with Crippen molar-refractivity contribution in [2.24, 2.45) is 0 Å². The van der Waals surface area contributed by atoms with E-state index in [1.165, 1.54) is 22.7 Å². The van der Waals surface area contributed by atoms with Crippen molar-refractivity contribution in [2.75, 3.05) is 0 Å². The average Bonchev–Trinajstić information content (AvgIpc) is 3.07. The molecule has 7 heteroatoms. The number of rotatable bonds is 3. The molecule has 0 saturated carbocycles. The fraction of sp³-hybridized carbons (Fsp3) is 0.143. The molecule has 0 bridgehead atoms. The van der Waals surface area contributed by atoms with Gasteiger partial charge in [0.1, 0.15) is 0 Å². The van der Waals surface area contributed by atoms with Crippen molar-refractivity contribution in [3.8, 4) is 22.4 Å². The zero-order valence-corrected chi connectivity index (χ0v) is 14.9. The predicted octanol–water partition coefficient (Wildman–Crippen LogP) is 4.94. The maximum Gasteiger partial charge on any atom is 0.416 e. The maximum atomic E-state index is 12.8. The van der Waals surface area contributed by atoms with Crippen LogP contribution < -0.4 is 5.56 Å². The lowest BCUT2D eigenvalue weighted by Crippen LogP contribution is -2.14. The minimum atomic E-state index is -4.41. The van der Waals surface area contributed by atoms with Crippen LogP contribution in [0, 0.1) is 0 Å². The first-order valence-electron chi connectivity index (χ1n) is 8.76. The highest BCUT2D eigenvalue weighted by molar-refractivity contribution is 5.81. The average molecular weight is 383 g/mol. The predicted molar refractivity (Wildman–Crippen MR) is 101 cm³/mol. The van der Waals surface area contributed by atoms with Crippen molar-refractivity contribution >= 4 is 5.65 Å². The minimum absolute atomic E-state index is 0.322. The molecule has 2 aromatic carbocycles. The van der Waals surface area contributed by atoms with Crippen LogP contribution in [0.3, 0.4) is 0 Å². The number of H-pyrrole nitrogens is 1. The van der Waals surface area contributed by atoms with Crippen molar-refractivity contribution in [2.45, 2.75) is 19.5 Å². The Balaban J connectivity index is 1.92. The van der Waals surface area contributed by atoms with Gasteiger partial charge in [-0.25, -0.2) is 9.50 Å². The molecule has 0 amide bonds. The van der Waals surface area contributed by atoms with Crippen molar-refractivity contribution in [3.05, 3.63) is 82.3 Å². The molecule has 4 rings (SSSR count). The molecular formula is C21H16F3N3O. The summed E-state index contributed by atoms with van der Waals surface area (Å²) >= 11 is 0. The van der Waals surface area contributed by atoms with Gasteiger partial charge in [0.25, 0.3) is 5.56 Å². The van der Waals surface area contributed by atoms with Crippen LogP contribution in [0.4, 0.5) is 13.2 Å². The summed E-state index contributed by atoms with van der Waals surface area (Å²) < 4.78 is 39.8. The number of hydrogen-bond acceptors (Lipinski definition) is 2. The van der Waals surface area contributed by atoms with Gasteiger partial charge in [0.2, 0.25) is 0 Å². The van der Waals surface area contributed by atoms with E-state index in [2.05, 4.69) is 10.1 Å². The van der Waals surface area contributed by atoms with Gasteiger partial charge in [-0.15, -0.1) is 0 Å². The van der Waals surface area contributed by atoms with E-state index in [-0.39, 0.29) is 5.56 Å². The smallest absolute Gasteiger partial charge is 0.293 e. The molecule has 142 valence electrons. The summed E-state index contributed by atoms with van der Waals surface area (Å²) in [4.78, 5) is 17.2. The number of aromatic nitrogens is 3. The van der Waals surface area contributed by atoms with E-state index in [4.69, 9.17) is 0 Å². The Bertz CT molecular complexity index is 1190. The van der Waals surface area contributed by atoms with Crippen LogP contribution in [0.15, 0.2) is 65.5 Å². The Morgan fingerprint density at radius 2 is 1.68 bits per heavy atom. The van der Waals surface area contributed by atoms with Crippen LogP contribution in [0.2, 0.25) is 0 Å². The second kappa shape index (κ2) is 6.67. The number of benzene rings is 2. The highest BCUT2D eigenvalue weighted by atomic mass is 19.4. The van der Waals surface area contributed by atoms with Gasteiger partial charge in [-0.2, -0.15) is 13.2 Å². The summed E-state index contributed by atoms with van der Waals surface area (Å²) in [5.74, 6) is 0. The van der Waals surface area contributed by atoms with Gasteiger partial charge in [0, 0.05) is 22.9 Å². The summed E-state index contributed by atoms with van der Waals surface area (Å²) in [6, 6.07) is 15.5. The van der Waals surface area contributed by atoms with E-state index >= 15 is 0 Å². The van der Waals surface area contributed by atoms with Gasteiger partial charge in [-0.05, 0) is 24.1 Å². The molecule has 0 radical (unpaired) electrons. The van der Waals surface area contributed by atoms with Gasteiger partial charge < -0.3 is 0 Å². The molecule has 0 saturated heterocycles. The van der Waals surface area contributed by atoms with Crippen molar-refractivity contribution < 1.29 is 13.2 Å². The molecule has 0 aliphatic carbocycles. The van der Waals surface area contributed by atoms with Crippen LogP contribution in [0.5, 0.6) is 0 Å². The maximum absolute atomic E-state index is 12.8. The Morgan fingerprint density at radius 1 is 1.00 bits per heavy atom. The lowest BCUT2D eigenvalue weighted by atomic mass is 10.0. The molecular weight excluding hydrogens is 367 g/mol. The van der Waals surface area contributed by atoms with Gasteiger partial charge in [0.05, 0.1) is 11.3 Å². The summed E-state index contributed by atoms with van der Waals surface area (Å²) in [5, 5.41) is 3.08. The van der Waals surface area contributed by atoms with E-state index in [0.717, 1.165) is 29.0 Å². The van der Waals surface area contributed by atoms with Crippen LogP contribution in [0.25, 0.3) is 28.0 Å². The van der Waals surface area contributed by atoms with Crippen molar-refractivity contribution in [1.82, 2.24) is 14.6 Å². The Morgan fingerprint density at radius 3 is 2.29 bits per heavy atom. The van der Waals surface area contributed by atoms with Crippen LogP contribution in [-0.4, -0.2) is 14.6 Å². The van der Waals surface area contributed by atoms with Crippen LogP contribution in [0.1, 0.15) is 18.2 Å². The fourth-order valence-electron chi connectivity index (χ4n) is 3.23. The molecule has 0 spiro atoms. The molecule has 0 unspecified atom stereocenters. The Labute approximate surface area is 158 Å². The number of fused-ring (bicyclic) bond motifs is 1. The molecule has 0 aliphatic heterocycles. The summed E-state index contributed by atoms with van der Waals surface area (Å²) in [7, 11) is 0. The van der Waals surface area contributed by atoms with Crippen molar-refractivity contribution in [3.63, 3.8) is 0 Å². The zero-order chi connectivity index (χ0) is 19.9. The van der Waals surface area contributed by atoms with Gasteiger partial charge in [-0.3, -0.25) is 9.89 Å². The van der Waals surface area contributed by atoms with E-state index < -0.39 is 11.7 Å².